The number of hydrogen-bond acceptors (Lipinski definition) is 5. The molecular formula is C16H9F9N4O2. The number of benzene rings is 1. The second-order valence-electron chi connectivity index (χ2n) is 5.95. The Morgan fingerprint density at radius 2 is 1.58 bits per heavy atom. The highest BCUT2D eigenvalue weighted by atomic mass is 19.4. The second-order valence-corrected chi connectivity index (χ2v) is 5.95. The van der Waals surface area contributed by atoms with Gasteiger partial charge in [0.1, 0.15) is 17.1 Å². The molecule has 0 bridgehead atoms. The van der Waals surface area contributed by atoms with Crippen LogP contribution >= 0.6 is 0 Å². The summed E-state index contributed by atoms with van der Waals surface area (Å²) in [6, 6.07) is 0.948. The van der Waals surface area contributed by atoms with Gasteiger partial charge in [-0.25, -0.2) is 4.98 Å². The van der Waals surface area contributed by atoms with Crippen LogP contribution in [-0.4, -0.2) is 39.8 Å². The van der Waals surface area contributed by atoms with Gasteiger partial charge in [-0.05, 0) is 18.2 Å². The molecule has 15 heteroatoms. The van der Waals surface area contributed by atoms with Gasteiger partial charge in [-0.3, -0.25) is 0 Å². The Bertz CT molecular complexity index is 1100. The van der Waals surface area contributed by atoms with Crippen molar-refractivity contribution in [1.82, 2.24) is 19.9 Å². The summed E-state index contributed by atoms with van der Waals surface area (Å²) < 4.78 is 125. The van der Waals surface area contributed by atoms with Gasteiger partial charge in [0, 0.05) is 0 Å². The minimum atomic E-state index is -5.14. The number of aromatic nitrogens is 4. The van der Waals surface area contributed by atoms with Crippen LogP contribution in [0.1, 0.15) is 11.3 Å². The number of methoxy groups -OCH3 is 1. The molecular weight excluding hydrogens is 451 g/mol. The number of imidazole rings is 1. The molecule has 2 aromatic heterocycles. The van der Waals surface area contributed by atoms with Crippen LogP contribution in [0.5, 0.6) is 11.8 Å². The maximum Gasteiger partial charge on any atom is 0.435 e. The number of nitrogens with one attached hydrogen (secondary N) is 1. The first-order valence-corrected chi connectivity index (χ1v) is 7.99. The van der Waals surface area contributed by atoms with Crippen LogP contribution in [0.25, 0.3) is 22.6 Å². The third kappa shape index (κ3) is 4.91. The number of alkyl halides is 9. The van der Waals surface area contributed by atoms with Crippen LogP contribution in [-0.2, 0) is 12.4 Å². The maximum absolute atomic E-state index is 13.3. The van der Waals surface area contributed by atoms with Gasteiger partial charge in [0.15, 0.2) is 17.9 Å². The van der Waals surface area contributed by atoms with E-state index in [2.05, 4.69) is 24.7 Å². The summed E-state index contributed by atoms with van der Waals surface area (Å²) >= 11 is 0. The first-order chi connectivity index (χ1) is 14.2. The molecule has 6 nitrogen and oxygen atoms in total. The van der Waals surface area contributed by atoms with E-state index in [1.807, 2.05) is 0 Å². The lowest BCUT2D eigenvalue weighted by atomic mass is 10.1. The molecule has 0 unspecified atom stereocenters. The minimum Gasteiger partial charge on any atom is -0.496 e. The lowest BCUT2D eigenvalue weighted by Crippen LogP contribution is -2.21. The quantitative estimate of drug-likeness (QED) is 0.555. The van der Waals surface area contributed by atoms with Crippen molar-refractivity contribution in [1.29, 1.82) is 0 Å². The van der Waals surface area contributed by atoms with E-state index in [9.17, 15) is 39.5 Å². The third-order valence-electron chi connectivity index (χ3n) is 3.74. The van der Waals surface area contributed by atoms with Gasteiger partial charge in [-0.2, -0.15) is 49.5 Å². The fourth-order valence-corrected chi connectivity index (χ4v) is 2.48. The topological polar surface area (TPSA) is 72.9 Å². The first kappa shape index (κ1) is 22.4. The zero-order chi connectivity index (χ0) is 23.2. The number of H-pyrrole nitrogens is 1. The van der Waals surface area contributed by atoms with E-state index in [4.69, 9.17) is 4.74 Å². The van der Waals surface area contributed by atoms with Gasteiger partial charge in [0.2, 0.25) is 0 Å². The molecule has 0 saturated heterocycles. The molecule has 0 saturated carbocycles. The molecule has 1 aromatic carbocycles. The Kier molecular flexibility index (Phi) is 5.40. The predicted molar refractivity (Wildman–Crippen MR) is 85.2 cm³/mol. The Hall–Kier alpha value is -3.26. The number of halogens is 9. The van der Waals surface area contributed by atoms with E-state index < -0.39 is 53.6 Å². The van der Waals surface area contributed by atoms with E-state index >= 15 is 0 Å². The van der Waals surface area contributed by atoms with Crippen molar-refractivity contribution in [2.45, 2.75) is 18.5 Å². The standard InChI is InChI=1S/C16H9F9N4O2/c1-30-8-4-6(15(20,21)22)2-3-7(8)11-26-9-10(16(23,24)25)27-13(29-12(9)28-11)31-5-14(17,18)19/h2-4H,5H2,1H3,(H,26,27,28,29). The van der Waals surface area contributed by atoms with Crippen molar-refractivity contribution in [3.8, 4) is 23.1 Å². The van der Waals surface area contributed by atoms with Gasteiger partial charge < -0.3 is 14.5 Å². The van der Waals surface area contributed by atoms with E-state index in [1.165, 1.54) is 0 Å². The van der Waals surface area contributed by atoms with Crippen LogP contribution < -0.4 is 9.47 Å². The second kappa shape index (κ2) is 7.46. The molecule has 0 amide bonds. The number of nitrogens with zero attached hydrogens (tertiary/aromatic N) is 3. The smallest absolute Gasteiger partial charge is 0.435 e. The number of aromatic amines is 1. The molecule has 168 valence electrons. The molecule has 0 aliphatic carbocycles. The van der Waals surface area contributed by atoms with Crippen molar-refractivity contribution in [2.75, 3.05) is 13.7 Å². The molecule has 3 rings (SSSR count). The van der Waals surface area contributed by atoms with Crippen LogP contribution in [0.4, 0.5) is 39.5 Å². The van der Waals surface area contributed by atoms with Crippen molar-refractivity contribution in [2.24, 2.45) is 0 Å². The summed E-state index contributed by atoms with van der Waals surface area (Å²) in [5, 5.41) is 0. The fraction of sp³-hybridized carbons (Fsp3) is 0.312. The van der Waals surface area contributed by atoms with Gasteiger partial charge >= 0.3 is 24.5 Å². The molecule has 0 radical (unpaired) electrons. The lowest BCUT2D eigenvalue weighted by molar-refractivity contribution is -0.155. The van der Waals surface area contributed by atoms with Crippen molar-refractivity contribution >= 4 is 11.2 Å². The fourth-order valence-electron chi connectivity index (χ4n) is 2.48. The van der Waals surface area contributed by atoms with Gasteiger partial charge in [-0.15, -0.1) is 0 Å². The largest absolute Gasteiger partial charge is 0.496 e. The van der Waals surface area contributed by atoms with Crippen molar-refractivity contribution in [3.05, 3.63) is 29.5 Å². The average molecular weight is 460 g/mol. The number of ether oxygens (including phenoxy) is 2. The highest BCUT2D eigenvalue weighted by Gasteiger charge is 2.38. The third-order valence-corrected chi connectivity index (χ3v) is 3.74. The Morgan fingerprint density at radius 1 is 0.903 bits per heavy atom. The summed E-state index contributed by atoms with van der Waals surface area (Å²) in [5.74, 6) is -0.753. The first-order valence-electron chi connectivity index (χ1n) is 7.99. The van der Waals surface area contributed by atoms with E-state index in [0.29, 0.717) is 12.1 Å². The van der Waals surface area contributed by atoms with Gasteiger partial charge in [0.25, 0.3) is 0 Å². The molecule has 1 N–H and O–H groups in total. The van der Waals surface area contributed by atoms with E-state index in [0.717, 1.165) is 13.2 Å². The Labute approximate surface area is 166 Å². The predicted octanol–water partition coefficient (Wildman–Crippen LogP) is 5.01. The molecule has 0 atom stereocenters. The average Bonchev–Trinajstić information content (AvgIpc) is 3.06. The zero-order valence-electron chi connectivity index (χ0n) is 15.0. The summed E-state index contributed by atoms with van der Waals surface area (Å²) in [5.41, 5.74) is -4.44. The van der Waals surface area contributed by atoms with Crippen LogP contribution in [0.15, 0.2) is 18.2 Å². The normalized spacial score (nSPS) is 13.0. The Morgan fingerprint density at radius 3 is 2.13 bits per heavy atom. The monoisotopic (exact) mass is 460 g/mol. The van der Waals surface area contributed by atoms with Gasteiger partial charge in [0.05, 0.1) is 18.2 Å². The van der Waals surface area contributed by atoms with E-state index in [1.54, 1.807) is 0 Å². The zero-order valence-corrected chi connectivity index (χ0v) is 15.0. The molecule has 0 aliphatic rings. The molecule has 31 heavy (non-hydrogen) atoms. The molecule has 0 fully saturated rings. The van der Waals surface area contributed by atoms with Crippen molar-refractivity contribution < 1.29 is 49.0 Å². The summed E-state index contributed by atoms with van der Waals surface area (Å²) in [4.78, 5) is 12.4. The summed E-state index contributed by atoms with van der Waals surface area (Å²) in [6.07, 6.45) is -14.7. The molecule has 2 heterocycles. The molecule has 0 aliphatic heterocycles. The lowest BCUT2D eigenvalue weighted by Gasteiger charge is -2.11. The Balaban J connectivity index is 2.14. The highest BCUT2D eigenvalue weighted by molar-refractivity contribution is 5.80. The molecule has 0 spiro atoms. The maximum atomic E-state index is 13.3. The summed E-state index contributed by atoms with van der Waals surface area (Å²) in [6.45, 7) is -1.94. The van der Waals surface area contributed by atoms with Gasteiger partial charge in [-0.1, -0.05) is 0 Å². The van der Waals surface area contributed by atoms with Crippen LogP contribution in [0.3, 0.4) is 0 Å². The highest BCUT2D eigenvalue weighted by Crippen LogP contribution is 2.38. The molecule has 3 aromatic rings. The van der Waals surface area contributed by atoms with Crippen LogP contribution in [0, 0.1) is 0 Å². The van der Waals surface area contributed by atoms with E-state index in [-0.39, 0.29) is 17.1 Å². The minimum absolute atomic E-state index is 0.153. The SMILES string of the molecule is COc1cc(C(F)(F)F)ccc1-c1nc2c(C(F)(F)F)nc(OCC(F)(F)F)nc2[nH]1. The number of hydrogen-bond donors (Lipinski definition) is 1. The van der Waals surface area contributed by atoms with Crippen LogP contribution in [0.2, 0.25) is 0 Å². The number of fused-ring (bicyclic) bond motifs is 1. The van der Waals surface area contributed by atoms with Crippen molar-refractivity contribution in [3.63, 3.8) is 0 Å². The number of rotatable bonds is 4. The summed E-state index contributed by atoms with van der Waals surface area (Å²) in [7, 11) is 1.03.